The zero-order valence-corrected chi connectivity index (χ0v) is 30.6. The molecule has 0 aliphatic rings. The summed E-state index contributed by atoms with van der Waals surface area (Å²) >= 11 is 0. The number of esters is 5. The minimum absolute atomic E-state index is 0.0499. The van der Waals surface area contributed by atoms with Gasteiger partial charge in [-0.2, -0.15) is 0 Å². The fourth-order valence-electron chi connectivity index (χ4n) is 4.51. The first kappa shape index (κ1) is 40.3. The minimum atomic E-state index is -0.592. The second-order valence-electron chi connectivity index (χ2n) is 12.8. The maximum atomic E-state index is 12.8. The van der Waals surface area contributed by atoms with Crippen LogP contribution in [0.15, 0.2) is 121 Å². The molecular weight excluding hydrogens is 692 g/mol. The Morgan fingerprint density at radius 2 is 0.796 bits per heavy atom. The summed E-state index contributed by atoms with van der Waals surface area (Å²) in [7, 11) is 0. The third-order valence-corrected chi connectivity index (χ3v) is 7.64. The van der Waals surface area contributed by atoms with E-state index in [0.29, 0.717) is 40.4 Å². The van der Waals surface area contributed by atoms with E-state index in [2.05, 4.69) is 13.2 Å². The molecule has 4 aromatic carbocycles. The molecule has 0 amide bonds. The lowest BCUT2D eigenvalue weighted by Crippen LogP contribution is -2.18. The van der Waals surface area contributed by atoms with Crippen molar-refractivity contribution < 1.29 is 52.4 Å². The summed E-state index contributed by atoms with van der Waals surface area (Å²) in [6, 6.07) is 26.2. The molecule has 280 valence electrons. The van der Waals surface area contributed by atoms with Crippen molar-refractivity contribution in [1.29, 1.82) is 0 Å². The first-order valence-corrected chi connectivity index (χ1v) is 17.1. The van der Waals surface area contributed by atoms with Gasteiger partial charge >= 0.3 is 29.8 Å². The zero-order chi connectivity index (χ0) is 39.2. The third kappa shape index (κ3) is 12.3. The lowest BCUT2D eigenvalue weighted by molar-refractivity contribution is -0.141. The molecule has 2 atom stereocenters. The van der Waals surface area contributed by atoms with Gasteiger partial charge in [0.25, 0.3) is 0 Å². The molecule has 0 spiro atoms. The molecule has 4 rings (SSSR count). The predicted molar refractivity (Wildman–Crippen MR) is 200 cm³/mol. The molecule has 0 fully saturated rings. The van der Waals surface area contributed by atoms with Crippen molar-refractivity contribution in [2.45, 2.75) is 27.7 Å². The second kappa shape index (κ2) is 19.4. The number of carbonyl (C=O) groups is 5. The second-order valence-corrected chi connectivity index (χ2v) is 12.8. The number of carbonyl (C=O) groups excluding carboxylic acids is 5. The largest absolute Gasteiger partial charge is 0.493 e. The average Bonchev–Trinajstić information content (AvgIpc) is 3.17. The van der Waals surface area contributed by atoms with Crippen LogP contribution in [-0.4, -0.2) is 56.3 Å². The van der Waals surface area contributed by atoms with Gasteiger partial charge in [0.05, 0.1) is 43.1 Å². The Labute approximate surface area is 314 Å². The van der Waals surface area contributed by atoms with Crippen LogP contribution in [-0.2, 0) is 23.8 Å². The van der Waals surface area contributed by atoms with E-state index in [1.165, 1.54) is 24.3 Å². The molecule has 0 aliphatic carbocycles. The molecule has 2 unspecified atom stereocenters. The van der Waals surface area contributed by atoms with E-state index in [4.69, 9.17) is 28.4 Å². The number of benzene rings is 4. The molecule has 0 heterocycles. The summed E-state index contributed by atoms with van der Waals surface area (Å²) in [5, 5.41) is 0. The normalized spacial score (nSPS) is 11.6. The van der Waals surface area contributed by atoms with Crippen LogP contribution in [0.3, 0.4) is 0 Å². The Balaban J connectivity index is 1.22. The number of ether oxygens (including phenoxy) is 6. The molecule has 0 aromatic heterocycles. The summed E-state index contributed by atoms with van der Waals surface area (Å²) in [5.74, 6) is -1.72. The molecule has 0 aliphatic heterocycles. The van der Waals surface area contributed by atoms with E-state index in [1.54, 1.807) is 93.6 Å². The van der Waals surface area contributed by atoms with Crippen LogP contribution >= 0.6 is 0 Å². The van der Waals surface area contributed by atoms with Crippen molar-refractivity contribution in [3.05, 3.63) is 138 Å². The maximum Gasteiger partial charge on any atom is 0.343 e. The van der Waals surface area contributed by atoms with Crippen LogP contribution in [0.5, 0.6) is 17.2 Å². The van der Waals surface area contributed by atoms with Gasteiger partial charge in [0.15, 0.2) is 0 Å². The van der Waals surface area contributed by atoms with Gasteiger partial charge in [0.1, 0.15) is 17.2 Å². The Kier molecular flexibility index (Phi) is 14.5. The monoisotopic (exact) mass is 734 g/mol. The van der Waals surface area contributed by atoms with Crippen molar-refractivity contribution in [3.8, 4) is 28.4 Å². The SMILES string of the molecule is C=C(C)C(=O)OCC(C)COC(=O)c1ccc(-c2ccc(OC(=O)c3ccc(OC(=O)c4ccc(OCC(C)COC(=O)C(=C)C)cc4)cc3)cc2)cc1. The topological polar surface area (TPSA) is 141 Å². The molecule has 0 saturated heterocycles. The van der Waals surface area contributed by atoms with Crippen molar-refractivity contribution in [3.63, 3.8) is 0 Å². The van der Waals surface area contributed by atoms with Gasteiger partial charge in [-0.25, -0.2) is 24.0 Å². The highest BCUT2D eigenvalue weighted by atomic mass is 16.6. The van der Waals surface area contributed by atoms with E-state index < -0.39 is 29.8 Å². The Morgan fingerprint density at radius 1 is 0.463 bits per heavy atom. The molecule has 11 heteroatoms. The van der Waals surface area contributed by atoms with Gasteiger partial charge in [0, 0.05) is 23.0 Å². The molecule has 54 heavy (non-hydrogen) atoms. The summed E-state index contributed by atoms with van der Waals surface area (Å²) in [6.45, 7) is 14.6. The first-order valence-electron chi connectivity index (χ1n) is 17.1. The molecule has 4 aromatic rings. The maximum absolute atomic E-state index is 12.8. The van der Waals surface area contributed by atoms with Crippen LogP contribution in [0.2, 0.25) is 0 Å². The zero-order valence-electron chi connectivity index (χ0n) is 30.6. The summed E-state index contributed by atoms with van der Waals surface area (Å²) in [5.41, 5.74) is 3.25. The summed E-state index contributed by atoms with van der Waals surface area (Å²) < 4.78 is 32.3. The summed E-state index contributed by atoms with van der Waals surface area (Å²) in [6.07, 6.45) is 0. The number of rotatable bonds is 17. The number of hydrogen-bond donors (Lipinski definition) is 0. The van der Waals surface area contributed by atoms with Crippen molar-refractivity contribution >= 4 is 29.8 Å². The van der Waals surface area contributed by atoms with E-state index in [-0.39, 0.29) is 43.0 Å². The van der Waals surface area contributed by atoms with Gasteiger partial charge in [-0.3, -0.25) is 0 Å². The first-order chi connectivity index (χ1) is 25.8. The highest BCUT2D eigenvalue weighted by Crippen LogP contribution is 2.24. The fourth-order valence-corrected chi connectivity index (χ4v) is 4.51. The van der Waals surface area contributed by atoms with Crippen molar-refractivity contribution in [1.82, 2.24) is 0 Å². The smallest absolute Gasteiger partial charge is 0.343 e. The van der Waals surface area contributed by atoms with Gasteiger partial charge in [0.2, 0.25) is 0 Å². The molecule has 0 saturated carbocycles. The highest BCUT2D eigenvalue weighted by molar-refractivity contribution is 5.93. The fraction of sp³-hybridized carbons (Fsp3) is 0.233. The summed E-state index contributed by atoms with van der Waals surface area (Å²) in [4.78, 5) is 61.0. The Bertz CT molecular complexity index is 1960. The lowest BCUT2D eigenvalue weighted by atomic mass is 10.0. The molecule has 11 nitrogen and oxygen atoms in total. The van der Waals surface area contributed by atoms with E-state index in [0.717, 1.165) is 11.1 Å². The van der Waals surface area contributed by atoms with E-state index in [1.807, 2.05) is 6.92 Å². The van der Waals surface area contributed by atoms with Crippen LogP contribution in [0, 0.1) is 11.8 Å². The molecular formula is C43H42O11. The number of hydrogen-bond acceptors (Lipinski definition) is 11. The van der Waals surface area contributed by atoms with Gasteiger partial charge in [-0.15, -0.1) is 0 Å². The van der Waals surface area contributed by atoms with Gasteiger partial charge < -0.3 is 28.4 Å². The van der Waals surface area contributed by atoms with Gasteiger partial charge in [-0.1, -0.05) is 51.3 Å². The Hall–Kier alpha value is -6.49. The predicted octanol–water partition coefficient (Wildman–Crippen LogP) is 7.84. The minimum Gasteiger partial charge on any atom is -0.493 e. The van der Waals surface area contributed by atoms with E-state index in [9.17, 15) is 24.0 Å². The Morgan fingerprint density at radius 3 is 1.24 bits per heavy atom. The van der Waals surface area contributed by atoms with Crippen molar-refractivity contribution in [2.24, 2.45) is 11.8 Å². The third-order valence-electron chi connectivity index (χ3n) is 7.64. The molecule has 0 bridgehead atoms. The lowest BCUT2D eigenvalue weighted by Gasteiger charge is -2.13. The van der Waals surface area contributed by atoms with Crippen LogP contribution in [0.1, 0.15) is 58.8 Å². The van der Waals surface area contributed by atoms with Crippen LogP contribution in [0.4, 0.5) is 0 Å². The molecule has 0 radical (unpaired) electrons. The molecule has 0 N–H and O–H groups in total. The average molecular weight is 735 g/mol. The van der Waals surface area contributed by atoms with Crippen molar-refractivity contribution in [2.75, 3.05) is 26.4 Å². The highest BCUT2D eigenvalue weighted by Gasteiger charge is 2.15. The van der Waals surface area contributed by atoms with Crippen LogP contribution < -0.4 is 14.2 Å². The standard InChI is InChI=1S/C43H42O11/c1-27(2)39(44)50-24-29(5)23-49-36-17-13-34(14-18-36)42(47)54-38-21-15-35(16-22-38)43(48)53-37-19-11-32(12-20-37)31-7-9-33(10-8-31)41(46)52-26-30(6)25-51-40(45)28(3)4/h7-22,29-30H,1,3,23-26H2,2,4-6H3. The van der Waals surface area contributed by atoms with Gasteiger partial charge in [-0.05, 0) is 97.8 Å². The van der Waals surface area contributed by atoms with Crippen LogP contribution in [0.25, 0.3) is 11.1 Å². The quantitative estimate of drug-likeness (QED) is 0.0453. The van der Waals surface area contributed by atoms with E-state index >= 15 is 0 Å².